The SMILES string of the molecule is ClCC=Cc1ccc2cccnc2c1. The molecule has 70 valence electrons. The molecule has 0 fully saturated rings. The molecular formula is C12H10ClN. The van der Waals surface area contributed by atoms with Gasteiger partial charge in [-0.05, 0) is 17.7 Å². The van der Waals surface area contributed by atoms with Crippen molar-refractivity contribution in [1.29, 1.82) is 0 Å². The third-order valence-corrected chi connectivity index (χ3v) is 2.21. The van der Waals surface area contributed by atoms with Crippen LogP contribution >= 0.6 is 11.6 Å². The summed E-state index contributed by atoms with van der Waals surface area (Å²) in [5.74, 6) is 0.542. The zero-order valence-corrected chi connectivity index (χ0v) is 8.41. The highest BCUT2D eigenvalue weighted by Crippen LogP contribution is 2.13. The van der Waals surface area contributed by atoms with Gasteiger partial charge in [-0.3, -0.25) is 4.98 Å². The summed E-state index contributed by atoms with van der Waals surface area (Å²) < 4.78 is 0. The molecule has 0 aliphatic heterocycles. The molecule has 0 aliphatic carbocycles. The maximum atomic E-state index is 5.57. The van der Waals surface area contributed by atoms with Gasteiger partial charge in [0.1, 0.15) is 0 Å². The molecule has 2 heteroatoms. The third-order valence-electron chi connectivity index (χ3n) is 2.03. The van der Waals surface area contributed by atoms with E-state index in [2.05, 4.69) is 29.2 Å². The number of rotatable bonds is 2. The molecule has 0 spiro atoms. The van der Waals surface area contributed by atoms with Crippen LogP contribution in [0.25, 0.3) is 17.0 Å². The van der Waals surface area contributed by atoms with Crippen LogP contribution in [-0.2, 0) is 0 Å². The fraction of sp³-hybridized carbons (Fsp3) is 0.0833. The standard InChI is InChI=1S/C12H10ClN/c13-7-1-3-10-5-6-11-4-2-8-14-12(11)9-10/h1-6,8-9H,7H2. The molecule has 0 aliphatic rings. The molecule has 0 atom stereocenters. The molecular weight excluding hydrogens is 194 g/mol. The lowest BCUT2D eigenvalue weighted by atomic mass is 10.1. The molecule has 2 aromatic rings. The van der Waals surface area contributed by atoms with E-state index < -0.39 is 0 Å². The molecule has 0 N–H and O–H groups in total. The minimum atomic E-state index is 0.542. The number of alkyl halides is 1. The van der Waals surface area contributed by atoms with Gasteiger partial charge in [0.05, 0.1) is 5.52 Å². The van der Waals surface area contributed by atoms with E-state index in [1.54, 1.807) is 6.20 Å². The smallest absolute Gasteiger partial charge is 0.0707 e. The van der Waals surface area contributed by atoms with Gasteiger partial charge in [0.15, 0.2) is 0 Å². The van der Waals surface area contributed by atoms with E-state index >= 15 is 0 Å². The summed E-state index contributed by atoms with van der Waals surface area (Å²) in [4.78, 5) is 4.28. The van der Waals surface area contributed by atoms with E-state index in [0.29, 0.717) is 5.88 Å². The molecule has 0 amide bonds. The summed E-state index contributed by atoms with van der Waals surface area (Å²) in [6.07, 6.45) is 5.73. The van der Waals surface area contributed by atoms with Crippen LogP contribution in [0, 0.1) is 0 Å². The summed E-state index contributed by atoms with van der Waals surface area (Å²) >= 11 is 5.57. The van der Waals surface area contributed by atoms with Gasteiger partial charge in [-0.25, -0.2) is 0 Å². The summed E-state index contributed by atoms with van der Waals surface area (Å²) in [5, 5.41) is 1.16. The number of benzene rings is 1. The number of halogens is 1. The Bertz CT molecular complexity index is 463. The van der Waals surface area contributed by atoms with E-state index in [9.17, 15) is 0 Å². The van der Waals surface area contributed by atoms with Crippen LogP contribution in [-0.4, -0.2) is 10.9 Å². The van der Waals surface area contributed by atoms with Crippen LogP contribution in [0.1, 0.15) is 5.56 Å². The van der Waals surface area contributed by atoms with Gasteiger partial charge in [0.25, 0.3) is 0 Å². The minimum Gasteiger partial charge on any atom is -0.256 e. The number of pyridine rings is 1. The van der Waals surface area contributed by atoms with Crippen LogP contribution < -0.4 is 0 Å². The number of fused-ring (bicyclic) bond motifs is 1. The molecule has 0 saturated carbocycles. The van der Waals surface area contributed by atoms with Gasteiger partial charge in [-0.1, -0.05) is 30.4 Å². The van der Waals surface area contributed by atoms with Crippen LogP contribution in [0.3, 0.4) is 0 Å². The fourth-order valence-electron chi connectivity index (χ4n) is 1.37. The second kappa shape index (κ2) is 4.25. The number of nitrogens with zero attached hydrogens (tertiary/aromatic N) is 1. The number of hydrogen-bond acceptors (Lipinski definition) is 1. The Kier molecular flexibility index (Phi) is 2.80. The first-order chi connectivity index (χ1) is 6.90. The minimum absolute atomic E-state index is 0.542. The first-order valence-corrected chi connectivity index (χ1v) is 5.01. The van der Waals surface area contributed by atoms with Gasteiger partial charge < -0.3 is 0 Å². The molecule has 0 unspecified atom stereocenters. The van der Waals surface area contributed by atoms with Crippen LogP contribution in [0.15, 0.2) is 42.6 Å². The normalized spacial score (nSPS) is 11.2. The predicted octanol–water partition coefficient (Wildman–Crippen LogP) is 3.49. The van der Waals surface area contributed by atoms with Gasteiger partial charge in [-0.15, -0.1) is 11.6 Å². The van der Waals surface area contributed by atoms with Crippen LogP contribution in [0.4, 0.5) is 0 Å². The van der Waals surface area contributed by atoms with E-state index in [-0.39, 0.29) is 0 Å². The fourth-order valence-corrected chi connectivity index (χ4v) is 1.46. The summed E-state index contributed by atoms with van der Waals surface area (Å²) in [6, 6.07) is 10.2. The molecule has 0 saturated heterocycles. The van der Waals surface area contributed by atoms with Gasteiger partial charge in [-0.2, -0.15) is 0 Å². The largest absolute Gasteiger partial charge is 0.256 e. The topological polar surface area (TPSA) is 12.9 Å². The van der Waals surface area contributed by atoms with Crippen molar-refractivity contribution in [3.05, 3.63) is 48.2 Å². The molecule has 1 nitrogen and oxygen atoms in total. The molecule has 1 aromatic carbocycles. The lowest BCUT2D eigenvalue weighted by molar-refractivity contribution is 1.41. The second-order valence-corrected chi connectivity index (χ2v) is 3.32. The van der Waals surface area contributed by atoms with E-state index in [1.807, 2.05) is 18.2 Å². The zero-order valence-electron chi connectivity index (χ0n) is 7.65. The first kappa shape index (κ1) is 9.22. The molecule has 2 rings (SSSR count). The van der Waals surface area contributed by atoms with Crippen molar-refractivity contribution >= 4 is 28.6 Å². The van der Waals surface area contributed by atoms with E-state index in [4.69, 9.17) is 11.6 Å². The first-order valence-electron chi connectivity index (χ1n) is 4.47. The number of aromatic nitrogens is 1. The van der Waals surface area contributed by atoms with Crippen LogP contribution in [0.5, 0.6) is 0 Å². The Morgan fingerprint density at radius 2 is 2.21 bits per heavy atom. The lowest BCUT2D eigenvalue weighted by Gasteiger charge is -1.97. The lowest BCUT2D eigenvalue weighted by Crippen LogP contribution is -1.78. The van der Waals surface area contributed by atoms with Crippen molar-refractivity contribution in [2.75, 3.05) is 5.88 Å². The van der Waals surface area contributed by atoms with Crippen molar-refractivity contribution < 1.29 is 0 Å². The quantitative estimate of drug-likeness (QED) is 0.681. The van der Waals surface area contributed by atoms with Gasteiger partial charge >= 0.3 is 0 Å². The maximum Gasteiger partial charge on any atom is 0.0707 e. The van der Waals surface area contributed by atoms with Gasteiger partial charge in [0, 0.05) is 17.5 Å². The Hall–Kier alpha value is -1.34. The second-order valence-electron chi connectivity index (χ2n) is 3.01. The maximum absolute atomic E-state index is 5.57. The summed E-state index contributed by atoms with van der Waals surface area (Å²) in [7, 11) is 0. The third kappa shape index (κ3) is 1.94. The predicted molar refractivity (Wildman–Crippen MR) is 61.5 cm³/mol. The highest BCUT2D eigenvalue weighted by Gasteiger charge is 1.93. The van der Waals surface area contributed by atoms with Crippen molar-refractivity contribution in [3.8, 4) is 0 Å². The highest BCUT2D eigenvalue weighted by molar-refractivity contribution is 6.19. The number of hydrogen-bond donors (Lipinski definition) is 0. The molecule has 1 aromatic heterocycles. The number of allylic oxidation sites excluding steroid dienone is 1. The summed E-state index contributed by atoms with van der Waals surface area (Å²) in [5.41, 5.74) is 2.15. The Labute approximate surface area is 88.0 Å². The Morgan fingerprint density at radius 3 is 3.07 bits per heavy atom. The van der Waals surface area contributed by atoms with Gasteiger partial charge in [0.2, 0.25) is 0 Å². The monoisotopic (exact) mass is 203 g/mol. The average Bonchev–Trinajstić information content (AvgIpc) is 2.26. The Balaban J connectivity index is 2.46. The van der Waals surface area contributed by atoms with E-state index in [0.717, 1.165) is 16.5 Å². The van der Waals surface area contributed by atoms with Crippen molar-refractivity contribution in [2.45, 2.75) is 0 Å². The van der Waals surface area contributed by atoms with Crippen molar-refractivity contribution in [1.82, 2.24) is 4.98 Å². The molecule has 1 heterocycles. The molecule has 0 bridgehead atoms. The molecule has 14 heavy (non-hydrogen) atoms. The summed E-state index contributed by atoms with van der Waals surface area (Å²) in [6.45, 7) is 0. The Morgan fingerprint density at radius 1 is 1.29 bits per heavy atom. The zero-order chi connectivity index (χ0) is 9.80. The highest BCUT2D eigenvalue weighted by atomic mass is 35.5. The van der Waals surface area contributed by atoms with Crippen molar-refractivity contribution in [3.63, 3.8) is 0 Å². The average molecular weight is 204 g/mol. The van der Waals surface area contributed by atoms with Crippen LogP contribution in [0.2, 0.25) is 0 Å². The van der Waals surface area contributed by atoms with Crippen molar-refractivity contribution in [2.24, 2.45) is 0 Å². The van der Waals surface area contributed by atoms with E-state index in [1.165, 1.54) is 0 Å². The molecule has 0 radical (unpaired) electrons.